The number of carbonyl (C=O) groups excluding carboxylic acids is 1. The van der Waals surface area contributed by atoms with Crippen molar-refractivity contribution in [3.8, 4) is 5.75 Å². The predicted molar refractivity (Wildman–Crippen MR) is 111 cm³/mol. The first-order valence-corrected chi connectivity index (χ1v) is 9.96. The van der Waals surface area contributed by atoms with Crippen LogP contribution in [0.1, 0.15) is 42.1 Å². The molecule has 2 N–H and O–H groups in total. The maximum Gasteiger partial charge on any atom is 0.259 e. The van der Waals surface area contributed by atoms with E-state index < -0.39 is 0 Å². The molecule has 0 unspecified atom stereocenters. The lowest BCUT2D eigenvalue weighted by molar-refractivity contribution is 0.100. The standard InChI is InChI=1S/C21H22N6O3/c1-30-20-9-17-13(11-26(25-17)14-3-2-4-15(28)8-14)7-16(20)21(29)24-18-10-23-27-12-22-6-5-19(18)27/h5-7,9-12,14-15,28H,2-4,8H2,1H3,(H,24,29)/t14-,15+/m0/s1. The molecule has 2 atom stereocenters. The maximum atomic E-state index is 13.0. The van der Waals surface area contributed by atoms with E-state index in [0.717, 1.165) is 35.7 Å². The smallest absolute Gasteiger partial charge is 0.259 e. The van der Waals surface area contributed by atoms with E-state index in [0.29, 0.717) is 23.4 Å². The molecular weight excluding hydrogens is 384 g/mol. The molecule has 30 heavy (non-hydrogen) atoms. The van der Waals surface area contributed by atoms with Crippen molar-refractivity contribution in [2.24, 2.45) is 0 Å². The molecule has 0 spiro atoms. The van der Waals surface area contributed by atoms with E-state index in [1.165, 1.54) is 7.11 Å². The van der Waals surface area contributed by atoms with E-state index in [9.17, 15) is 9.90 Å². The van der Waals surface area contributed by atoms with Gasteiger partial charge < -0.3 is 15.2 Å². The van der Waals surface area contributed by atoms with Crippen molar-refractivity contribution in [2.75, 3.05) is 12.4 Å². The maximum absolute atomic E-state index is 13.0. The Kier molecular flexibility index (Phi) is 4.59. The first-order chi connectivity index (χ1) is 14.6. The molecule has 0 aliphatic heterocycles. The third kappa shape index (κ3) is 3.26. The largest absolute Gasteiger partial charge is 0.496 e. The Morgan fingerprint density at radius 1 is 1.33 bits per heavy atom. The summed E-state index contributed by atoms with van der Waals surface area (Å²) in [6.07, 6.45) is 9.98. The summed E-state index contributed by atoms with van der Waals surface area (Å²) in [6.45, 7) is 0. The third-order valence-electron chi connectivity index (χ3n) is 5.66. The fourth-order valence-corrected chi connectivity index (χ4v) is 4.12. The van der Waals surface area contributed by atoms with Gasteiger partial charge in [-0.25, -0.2) is 9.50 Å². The van der Waals surface area contributed by atoms with Crippen LogP contribution in [0.25, 0.3) is 16.4 Å². The van der Waals surface area contributed by atoms with Crippen LogP contribution in [0.4, 0.5) is 5.69 Å². The number of hydrogen-bond acceptors (Lipinski definition) is 6. The Morgan fingerprint density at radius 2 is 2.23 bits per heavy atom. The molecule has 1 saturated carbocycles. The van der Waals surface area contributed by atoms with Crippen molar-refractivity contribution in [1.29, 1.82) is 0 Å². The van der Waals surface area contributed by atoms with E-state index in [-0.39, 0.29) is 18.1 Å². The summed E-state index contributed by atoms with van der Waals surface area (Å²) in [7, 11) is 1.54. The lowest BCUT2D eigenvalue weighted by atomic mass is 9.93. The lowest BCUT2D eigenvalue weighted by Crippen LogP contribution is -2.22. The zero-order valence-corrected chi connectivity index (χ0v) is 16.5. The molecular formula is C21H22N6O3. The van der Waals surface area contributed by atoms with Crippen LogP contribution >= 0.6 is 0 Å². The van der Waals surface area contributed by atoms with Crippen molar-refractivity contribution >= 4 is 28.0 Å². The molecule has 4 aromatic rings. The number of benzene rings is 1. The molecule has 9 nitrogen and oxygen atoms in total. The minimum Gasteiger partial charge on any atom is -0.496 e. The minimum atomic E-state index is -0.290. The average molecular weight is 406 g/mol. The van der Waals surface area contributed by atoms with Gasteiger partial charge >= 0.3 is 0 Å². The second-order valence-corrected chi connectivity index (χ2v) is 7.62. The van der Waals surface area contributed by atoms with Crippen molar-refractivity contribution in [3.63, 3.8) is 0 Å². The van der Waals surface area contributed by atoms with Gasteiger partial charge in [0.05, 0.1) is 47.7 Å². The summed E-state index contributed by atoms with van der Waals surface area (Å²) in [5.74, 6) is 0.161. The number of aliphatic hydroxyl groups is 1. The summed E-state index contributed by atoms with van der Waals surface area (Å²) in [4.78, 5) is 17.0. The highest BCUT2D eigenvalue weighted by atomic mass is 16.5. The number of carbonyl (C=O) groups is 1. The van der Waals surface area contributed by atoms with E-state index in [2.05, 4.69) is 20.5 Å². The Labute approximate surface area is 172 Å². The summed E-state index contributed by atoms with van der Waals surface area (Å²) in [5, 5.41) is 22.6. The van der Waals surface area contributed by atoms with Crippen LogP contribution in [-0.4, -0.2) is 48.6 Å². The normalized spacial score (nSPS) is 19.3. The second-order valence-electron chi connectivity index (χ2n) is 7.62. The predicted octanol–water partition coefficient (Wildman–Crippen LogP) is 2.82. The van der Waals surface area contributed by atoms with Crippen LogP contribution in [0.3, 0.4) is 0 Å². The molecule has 1 amide bonds. The molecule has 3 aromatic heterocycles. The number of aromatic nitrogens is 5. The van der Waals surface area contributed by atoms with E-state index >= 15 is 0 Å². The van der Waals surface area contributed by atoms with Crippen molar-refractivity contribution in [2.45, 2.75) is 37.8 Å². The highest BCUT2D eigenvalue weighted by molar-refractivity contribution is 6.09. The number of aliphatic hydroxyl groups excluding tert-OH is 1. The molecule has 1 aliphatic carbocycles. The number of hydrogen-bond donors (Lipinski definition) is 2. The van der Waals surface area contributed by atoms with Gasteiger partial charge in [0, 0.05) is 23.8 Å². The Morgan fingerprint density at radius 3 is 3.07 bits per heavy atom. The van der Waals surface area contributed by atoms with Crippen LogP contribution < -0.4 is 10.1 Å². The van der Waals surface area contributed by atoms with Gasteiger partial charge in [-0.3, -0.25) is 9.48 Å². The molecule has 9 heteroatoms. The van der Waals surface area contributed by atoms with Crippen LogP contribution in [-0.2, 0) is 0 Å². The van der Waals surface area contributed by atoms with Crippen LogP contribution in [0, 0.1) is 0 Å². The molecule has 1 aliphatic rings. The van der Waals surface area contributed by atoms with Crippen LogP contribution in [0.2, 0.25) is 0 Å². The number of fused-ring (bicyclic) bond motifs is 2. The minimum absolute atomic E-state index is 0.164. The molecule has 0 bridgehead atoms. The van der Waals surface area contributed by atoms with Gasteiger partial charge in [0.15, 0.2) is 0 Å². The fraction of sp³-hybridized carbons (Fsp3) is 0.333. The summed E-state index contributed by atoms with van der Waals surface area (Å²) in [5.41, 5.74) is 2.52. The molecule has 0 radical (unpaired) electrons. The Hall–Kier alpha value is -3.46. The van der Waals surface area contributed by atoms with Gasteiger partial charge in [0.2, 0.25) is 0 Å². The fourth-order valence-electron chi connectivity index (χ4n) is 4.12. The van der Waals surface area contributed by atoms with Crippen molar-refractivity contribution in [3.05, 3.63) is 48.7 Å². The van der Waals surface area contributed by atoms with Gasteiger partial charge in [-0.1, -0.05) is 0 Å². The average Bonchev–Trinajstić information content (AvgIpc) is 3.36. The first kappa shape index (κ1) is 18.6. The second kappa shape index (κ2) is 7.42. The monoisotopic (exact) mass is 406 g/mol. The topological polar surface area (TPSA) is 107 Å². The van der Waals surface area contributed by atoms with Gasteiger partial charge in [-0.2, -0.15) is 10.2 Å². The summed E-state index contributed by atoms with van der Waals surface area (Å²) >= 11 is 0. The van der Waals surface area contributed by atoms with E-state index in [1.54, 1.807) is 41.4 Å². The molecule has 3 heterocycles. The zero-order valence-electron chi connectivity index (χ0n) is 16.5. The number of ether oxygens (including phenoxy) is 1. The third-order valence-corrected chi connectivity index (χ3v) is 5.66. The summed E-state index contributed by atoms with van der Waals surface area (Å²) in [6, 6.07) is 5.52. The SMILES string of the molecule is COc1cc2nn([C@H]3CCC[C@@H](O)C3)cc2cc1C(=O)Nc1cnn2cnccc12. The van der Waals surface area contributed by atoms with Crippen molar-refractivity contribution in [1.82, 2.24) is 24.4 Å². The number of amides is 1. The lowest BCUT2D eigenvalue weighted by Gasteiger charge is -2.25. The number of methoxy groups -OCH3 is 1. The first-order valence-electron chi connectivity index (χ1n) is 9.96. The molecule has 154 valence electrons. The Balaban J connectivity index is 1.47. The zero-order chi connectivity index (χ0) is 20.7. The van der Waals surface area contributed by atoms with Crippen LogP contribution in [0.15, 0.2) is 43.1 Å². The van der Waals surface area contributed by atoms with E-state index in [4.69, 9.17) is 4.74 Å². The van der Waals surface area contributed by atoms with Crippen LogP contribution in [0.5, 0.6) is 5.75 Å². The molecule has 1 aromatic carbocycles. The van der Waals surface area contributed by atoms with Gasteiger partial charge in [0.1, 0.15) is 12.1 Å². The Bertz CT molecular complexity index is 1230. The summed E-state index contributed by atoms with van der Waals surface area (Å²) < 4.78 is 8.98. The molecule has 1 fully saturated rings. The van der Waals surface area contributed by atoms with Gasteiger partial charge in [-0.05, 0) is 37.8 Å². The quantitative estimate of drug-likeness (QED) is 0.540. The number of nitrogens with one attached hydrogen (secondary N) is 1. The van der Waals surface area contributed by atoms with E-state index in [1.807, 2.05) is 10.9 Å². The highest BCUT2D eigenvalue weighted by Gasteiger charge is 2.23. The molecule has 0 saturated heterocycles. The number of nitrogens with zero attached hydrogens (tertiary/aromatic N) is 5. The van der Waals surface area contributed by atoms with Gasteiger partial charge in [0.25, 0.3) is 5.91 Å². The highest BCUT2D eigenvalue weighted by Crippen LogP contribution is 2.32. The van der Waals surface area contributed by atoms with Crippen molar-refractivity contribution < 1.29 is 14.6 Å². The number of rotatable bonds is 4. The molecule has 5 rings (SSSR count). The van der Waals surface area contributed by atoms with Gasteiger partial charge in [-0.15, -0.1) is 0 Å². The number of anilines is 1.